The molecule has 0 spiro atoms. The molecule has 0 bridgehead atoms. The zero-order valence-electron chi connectivity index (χ0n) is 36.0. The van der Waals surface area contributed by atoms with Crippen LogP contribution in [-0.2, 0) is 5.41 Å². The van der Waals surface area contributed by atoms with Crippen molar-refractivity contribution in [1.29, 1.82) is 0 Å². The second-order valence-electron chi connectivity index (χ2n) is 18.1. The molecule has 0 unspecified atom stereocenters. The molecule has 0 fully saturated rings. The molecule has 1 aliphatic carbocycles. The van der Waals surface area contributed by atoms with E-state index in [-0.39, 0.29) is 5.41 Å². The van der Waals surface area contributed by atoms with Gasteiger partial charge in [0, 0.05) is 71.9 Å². The van der Waals surface area contributed by atoms with Crippen LogP contribution in [0.1, 0.15) is 25.0 Å². The lowest BCUT2D eigenvalue weighted by Gasteiger charge is -2.31. The minimum atomic E-state index is -0.267. The summed E-state index contributed by atoms with van der Waals surface area (Å²) in [5.74, 6) is 0. The van der Waals surface area contributed by atoms with E-state index < -0.39 is 0 Å². The highest BCUT2D eigenvalue weighted by molar-refractivity contribution is 6.18. The van der Waals surface area contributed by atoms with E-state index in [0.29, 0.717) is 0 Å². The lowest BCUT2D eigenvalue weighted by atomic mass is 9.81. The third kappa shape index (κ3) is 5.08. The van der Waals surface area contributed by atoms with E-state index in [1.54, 1.807) is 0 Å². The first-order chi connectivity index (χ1) is 32.0. The molecule has 3 heterocycles. The summed E-state index contributed by atoms with van der Waals surface area (Å²) in [4.78, 5) is 4.86. The van der Waals surface area contributed by atoms with Crippen molar-refractivity contribution in [2.75, 3.05) is 9.80 Å². The van der Waals surface area contributed by atoms with Crippen molar-refractivity contribution in [1.82, 2.24) is 4.57 Å². The molecule has 65 heavy (non-hydrogen) atoms. The summed E-state index contributed by atoms with van der Waals surface area (Å²) in [6, 6.07) is 77.8. The van der Waals surface area contributed by atoms with Gasteiger partial charge in [0.15, 0.2) is 0 Å². The Labute approximate surface area is 376 Å². The fourth-order valence-electron chi connectivity index (χ4n) is 11.4. The first kappa shape index (κ1) is 36.2. The summed E-state index contributed by atoms with van der Waals surface area (Å²) < 4.78 is 8.99. The number of nitrogens with zero attached hydrogens (tertiary/aromatic N) is 3. The van der Waals surface area contributed by atoms with Crippen LogP contribution in [0.2, 0.25) is 0 Å². The van der Waals surface area contributed by atoms with E-state index in [1.807, 2.05) is 6.07 Å². The molecule has 0 saturated carbocycles. The number of aromatic nitrogens is 1. The van der Waals surface area contributed by atoms with Crippen molar-refractivity contribution >= 4 is 88.6 Å². The Morgan fingerprint density at radius 2 is 1.05 bits per heavy atom. The van der Waals surface area contributed by atoms with Crippen LogP contribution >= 0.6 is 0 Å². The van der Waals surface area contributed by atoms with Crippen LogP contribution in [0, 0.1) is 0 Å². The fourth-order valence-corrected chi connectivity index (χ4v) is 11.4. The van der Waals surface area contributed by atoms with Crippen molar-refractivity contribution in [2.24, 2.45) is 0 Å². The molecule has 4 heteroatoms. The molecule has 0 radical (unpaired) electrons. The molecular formula is C61H41N3O. The van der Waals surface area contributed by atoms with Gasteiger partial charge in [-0.1, -0.05) is 147 Å². The van der Waals surface area contributed by atoms with Crippen LogP contribution in [0.4, 0.5) is 34.1 Å². The molecule has 14 rings (SSSR count). The number of rotatable bonds is 6. The molecule has 2 aliphatic rings. The topological polar surface area (TPSA) is 24.6 Å². The zero-order chi connectivity index (χ0) is 43.0. The van der Waals surface area contributed by atoms with Crippen LogP contribution in [0.25, 0.3) is 82.5 Å². The summed E-state index contributed by atoms with van der Waals surface area (Å²) >= 11 is 0. The fraction of sp³-hybridized carbons (Fsp3) is 0.0492. The smallest absolute Gasteiger partial charge is 0.135 e. The summed E-state index contributed by atoms with van der Waals surface area (Å²) in [6.45, 7) is 4.81. The summed E-state index contributed by atoms with van der Waals surface area (Å²) in [7, 11) is 0. The Bertz CT molecular complexity index is 3940. The molecule has 1 aliphatic heterocycles. The van der Waals surface area contributed by atoms with E-state index in [4.69, 9.17) is 4.42 Å². The number of hydrogen-bond acceptors (Lipinski definition) is 3. The van der Waals surface area contributed by atoms with E-state index >= 15 is 0 Å². The Morgan fingerprint density at radius 1 is 0.400 bits per heavy atom. The Balaban J connectivity index is 1.07. The minimum absolute atomic E-state index is 0.267. The predicted octanol–water partition coefficient (Wildman–Crippen LogP) is 17.1. The third-order valence-corrected chi connectivity index (χ3v) is 14.2. The molecule has 0 N–H and O–H groups in total. The monoisotopic (exact) mass is 831 g/mol. The van der Waals surface area contributed by atoms with E-state index in [9.17, 15) is 0 Å². The van der Waals surface area contributed by atoms with Gasteiger partial charge in [0.1, 0.15) is 11.2 Å². The van der Waals surface area contributed by atoms with Gasteiger partial charge < -0.3 is 18.8 Å². The van der Waals surface area contributed by atoms with Gasteiger partial charge in [-0.05, 0) is 107 Å². The Hall–Kier alpha value is -8.34. The first-order valence-corrected chi connectivity index (χ1v) is 22.5. The molecule has 0 amide bonds. The molecule has 12 aromatic rings. The summed E-state index contributed by atoms with van der Waals surface area (Å²) in [5.41, 5.74) is 19.6. The summed E-state index contributed by atoms with van der Waals surface area (Å²) in [6.07, 6.45) is 0. The Kier molecular flexibility index (Phi) is 7.42. The van der Waals surface area contributed by atoms with Gasteiger partial charge in [-0.15, -0.1) is 0 Å². The van der Waals surface area contributed by atoms with Gasteiger partial charge in [0.25, 0.3) is 0 Å². The number of benzene rings is 10. The minimum Gasteiger partial charge on any atom is -0.456 e. The lowest BCUT2D eigenvalue weighted by Crippen LogP contribution is -2.18. The molecule has 0 atom stereocenters. The number of furan rings is 1. The summed E-state index contributed by atoms with van der Waals surface area (Å²) in [5, 5.41) is 7.12. The van der Waals surface area contributed by atoms with Crippen LogP contribution in [-0.4, -0.2) is 4.57 Å². The molecule has 306 valence electrons. The lowest BCUT2D eigenvalue weighted by molar-refractivity contribution is 0.660. The van der Waals surface area contributed by atoms with Gasteiger partial charge in [-0.25, -0.2) is 0 Å². The average molecular weight is 832 g/mol. The molecule has 10 aromatic carbocycles. The molecular weight excluding hydrogens is 791 g/mol. The van der Waals surface area contributed by atoms with Gasteiger partial charge in [-0.2, -0.15) is 0 Å². The largest absolute Gasteiger partial charge is 0.456 e. The predicted molar refractivity (Wildman–Crippen MR) is 271 cm³/mol. The van der Waals surface area contributed by atoms with Crippen LogP contribution in [0.15, 0.2) is 217 Å². The highest BCUT2D eigenvalue weighted by Crippen LogP contribution is 2.59. The highest BCUT2D eigenvalue weighted by Gasteiger charge is 2.41. The molecule has 4 nitrogen and oxygen atoms in total. The van der Waals surface area contributed by atoms with E-state index in [2.05, 4.69) is 234 Å². The second kappa shape index (κ2) is 13.3. The van der Waals surface area contributed by atoms with Crippen molar-refractivity contribution in [3.63, 3.8) is 0 Å². The van der Waals surface area contributed by atoms with Crippen molar-refractivity contribution in [2.45, 2.75) is 19.3 Å². The Morgan fingerprint density at radius 3 is 1.94 bits per heavy atom. The normalized spacial score (nSPS) is 13.2. The maximum atomic E-state index is 6.43. The SMILES string of the molecule is CC1(C)c2cccc3c2-c2c(cc(N(c4cccc(N(c5ccccc5)c5cccc6ccccc56)c4)c4ccc5oc6ccccc6c5c4)cc21)-n1c2ccccc2c2cccc-3c21. The molecule has 0 saturated heterocycles. The quantitative estimate of drug-likeness (QED) is 0.167. The average Bonchev–Trinajstić information content (AvgIpc) is 3.94. The van der Waals surface area contributed by atoms with Crippen LogP contribution < -0.4 is 9.80 Å². The van der Waals surface area contributed by atoms with Crippen molar-refractivity contribution in [3.05, 3.63) is 223 Å². The van der Waals surface area contributed by atoms with E-state index in [0.717, 1.165) is 56.1 Å². The van der Waals surface area contributed by atoms with Gasteiger partial charge in [-0.3, -0.25) is 0 Å². The van der Waals surface area contributed by atoms with E-state index in [1.165, 1.54) is 71.6 Å². The van der Waals surface area contributed by atoms with Crippen molar-refractivity contribution in [3.8, 4) is 27.9 Å². The van der Waals surface area contributed by atoms with Gasteiger partial charge >= 0.3 is 0 Å². The standard InChI is InChI=1S/C61H41N3O/c1-61(2)51-28-15-25-47-49-27-14-26-48-45-23-8-10-29-54(45)64(60(48)49)55-37-43(36-52(61)59(55)58(47)51)62(42-32-33-57-50(35-42)46-24-9-11-31-56(46)65-57)40-20-13-21-41(34-40)63(39-18-4-3-5-19-39)53-30-12-17-38-16-6-7-22-44(38)53/h3-37H,1-2H3. The second-order valence-corrected chi connectivity index (χ2v) is 18.1. The highest BCUT2D eigenvalue weighted by atomic mass is 16.3. The van der Waals surface area contributed by atoms with Crippen LogP contribution in [0.3, 0.4) is 0 Å². The van der Waals surface area contributed by atoms with Gasteiger partial charge in [0.05, 0.1) is 22.4 Å². The zero-order valence-corrected chi connectivity index (χ0v) is 36.0. The number of hydrogen-bond donors (Lipinski definition) is 0. The number of anilines is 6. The first-order valence-electron chi connectivity index (χ1n) is 22.5. The van der Waals surface area contributed by atoms with Crippen molar-refractivity contribution < 1.29 is 4.42 Å². The van der Waals surface area contributed by atoms with Gasteiger partial charge in [0.2, 0.25) is 0 Å². The third-order valence-electron chi connectivity index (χ3n) is 14.2. The number of para-hydroxylation sites is 4. The molecule has 2 aromatic heterocycles. The number of fused-ring (bicyclic) bond motifs is 9. The maximum Gasteiger partial charge on any atom is 0.135 e. The van der Waals surface area contributed by atoms with Crippen LogP contribution in [0.5, 0.6) is 0 Å². The maximum absolute atomic E-state index is 6.43.